The van der Waals surface area contributed by atoms with Crippen molar-refractivity contribution in [3.63, 3.8) is 0 Å². The Morgan fingerprint density at radius 2 is 2.31 bits per heavy atom. The second-order valence-corrected chi connectivity index (χ2v) is 2.76. The minimum Gasteiger partial charge on any atom is -0.464 e. The molecule has 0 radical (unpaired) electrons. The number of hydrogen-bond acceptors (Lipinski definition) is 3. The first kappa shape index (κ1) is 8.01. The van der Waals surface area contributed by atoms with E-state index in [-0.39, 0.29) is 0 Å². The van der Waals surface area contributed by atoms with E-state index in [2.05, 4.69) is 4.98 Å². The number of nitrogens with zero attached hydrogens (tertiary/aromatic N) is 1. The smallest absolute Gasteiger partial charge is 0.135 e. The Morgan fingerprint density at radius 3 is 3.00 bits per heavy atom. The topological polar surface area (TPSA) is 52.0 Å². The zero-order chi connectivity index (χ0) is 9.10. The Morgan fingerprint density at radius 1 is 1.38 bits per heavy atom. The molecule has 0 bridgehead atoms. The zero-order valence-corrected chi connectivity index (χ0v) is 7.10. The Bertz CT molecular complexity index is 382. The van der Waals surface area contributed by atoms with Gasteiger partial charge in [-0.1, -0.05) is 0 Å². The summed E-state index contributed by atoms with van der Waals surface area (Å²) in [6, 6.07) is 5.73. The van der Waals surface area contributed by atoms with Crippen LogP contribution in [0, 0.1) is 0 Å². The molecular weight excluding hydrogens is 164 g/mol. The summed E-state index contributed by atoms with van der Waals surface area (Å²) in [7, 11) is 0. The van der Waals surface area contributed by atoms with Crippen LogP contribution in [0.25, 0.3) is 11.3 Å². The van der Waals surface area contributed by atoms with Crippen molar-refractivity contribution in [3.8, 4) is 11.3 Å². The minimum absolute atomic E-state index is 0.502. The zero-order valence-electron chi connectivity index (χ0n) is 7.10. The van der Waals surface area contributed by atoms with E-state index in [9.17, 15) is 0 Å². The number of aromatic nitrogens is 1. The van der Waals surface area contributed by atoms with Crippen LogP contribution in [0.5, 0.6) is 0 Å². The van der Waals surface area contributed by atoms with Gasteiger partial charge in [0.2, 0.25) is 0 Å². The summed E-state index contributed by atoms with van der Waals surface area (Å²) >= 11 is 0. The summed E-state index contributed by atoms with van der Waals surface area (Å²) in [6.45, 7) is 0.502. The number of furan rings is 1. The highest BCUT2D eigenvalue weighted by Gasteiger charge is 2.00. The monoisotopic (exact) mass is 174 g/mol. The van der Waals surface area contributed by atoms with Crippen LogP contribution in [0.1, 0.15) is 5.56 Å². The van der Waals surface area contributed by atoms with Gasteiger partial charge in [0.1, 0.15) is 5.76 Å². The lowest BCUT2D eigenvalue weighted by molar-refractivity contribution is 0.582. The second-order valence-electron chi connectivity index (χ2n) is 2.76. The van der Waals surface area contributed by atoms with Crippen LogP contribution in [0.2, 0.25) is 0 Å². The maximum atomic E-state index is 5.50. The third-order valence-electron chi connectivity index (χ3n) is 1.84. The van der Waals surface area contributed by atoms with E-state index in [4.69, 9.17) is 10.2 Å². The maximum Gasteiger partial charge on any atom is 0.135 e. The fraction of sp³-hybridized carbons (Fsp3) is 0.100. The van der Waals surface area contributed by atoms with Crippen LogP contribution in [-0.4, -0.2) is 4.98 Å². The molecule has 2 aromatic heterocycles. The van der Waals surface area contributed by atoms with Crippen molar-refractivity contribution in [2.45, 2.75) is 6.54 Å². The van der Waals surface area contributed by atoms with Crippen LogP contribution in [0.3, 0.4) is 0 Å². The molecule has 0 aliphatic carbocycles. The lowest BCUT2D eigenvalue weighted by Gasteiger charge is -1.98. The molecule has 0 aliphatic heterocycles. The first-order valence-corrected chi connectivity index (χ1v) is 4.08. The largest absolute Gasteiger partial charge is 0.464 e. The van der Waals surface area contributed by atoms with Crippen LogP contribution in [0.4, 0.5) is 0 Å². The first-order chi connectivity index (χ1) is 6.40. The quantitative estimate of drug-likeness (QED) is 0.755. The summed E-state index contributed by atoms with van der Waals surface area (Å²) < 4.78 is 5.24. The molecule has 66 valence electrons. The van der Waals surface area contributed by atoms with Crippen molar-refractivity contribution in [2.75, 3.05) is 0 Å². The van der Waals surface area contributed by atoms with Crippen LogP contribution in [0.15, 0.2) is 41.3 Å². The molecule has 0 fully saturated rings. The Balaban J connectivity index is 2.41. The van der Waals surface area contributed by atoms with E-state index in [1.54, 1.807) is 18.7 Å². The van der Waals surface area contributed by atoms with Crippen molar-refractivity contribution in [1.29, 1.82) is 0 Å². The van der Waals surface area contributed by atoms with E-state index < -0.39 is 0 Å². The number of rotatable bonds is 2. The summed E-state index contributed by atoms with van der Waals surface area (Å²) in [5, 5.41) is 0. The molecule has 3 heteroatoms. The maximum absolute atomic E-state index is 5.50. The standard InChI is InChI=1S/C10H10N2O/c11-5-8-4-9(7-12-6-8)10-2-1-3-13-10/h1-4,6-7H,5,11H2. The van der Waals surface area contributed by atoms with E-state index in [0.717, 1.165) is 16.9 Å². The highest BCUT2D eigenvalue weighted by Crippen LogP contribution is 2.19. The number of nitrogens with two attached hydrogens (primary N) is 1. The molecule has 0 atom stereocenters. The highest BCUT2D eigenvalue weighted by atomic mass is 16.3. The van der Waals surface area contributed by atoms with Gasteiger partial charge in [-0.05, 0) is 23.8 Å². The van der Waals surface area contributed by atoms with Gasteiger partial charge in [0.15, 0.2) is 0 Å². The highest BCUT2D eigenvalue weighted by molar-refractivity contribution is 5.56. The summed E-state index contributed by atoms with van der Waals surface area (Å²) in [5.74, 6) is 0.822. The van der Waals surface area contributed by atoms with E-state index >= 15 is 0 Å². The Hall–Kier alpha value is -1.61. The van der Waals surface area contributed by atoms with Crippen LogP contribution in [-0.2, 0) is 6.54 Å². The molecule has 2 N–H and O–H groups in total. The van der Waals surface area contributed by atoms with Gasteiger partial charge in [-0.2, -0.15) is 0 Å². The second kappa shape index (κ2) is 3.41. The van der Waals surface area contributed by atoms with Crippen LogP contribution < -0.4 is 5.73 Å². The minimum atomic E-state index is 0.502. The lowest BCUT2D eigenvalue weighted by Crippen LogP contribution is -1.96. The van der Waals surface area contributed by atoms with Crippen molar-refractivity contribution in [2.24, 2.45) is 5.73 Å². The van der Waals surface area contributed by atoms with Gasteiger partial charge < -0.3 is 10.2 Å². The molecule has 0 saturated carbocycles. The fourth-order valence-electron chi connectivity index (χ4n) is 1.18. The van der Waals surface area contributed by atoms with Gasteiger partial charge in [-0.25, -0.2) is 0 Å². The third kappa shape index (κ3) is 1.60. The fourth-order valence-corrected chi connectivity index (χ4v) is 1.18. The lowest BCUT2D eigenvalue weighted by atomic mass is 10.2. The van der Waals surface area contributed by atoms with Crippen molar-refractivity contribution < 1.29 is 4.42 Å². The molecule has 2 aromatic rings. The normalized spacial score (nSPS) is 10.2. The Labute approximate surface area is 76.2 Å². The van der Waals surface area contributed by atoms with Crippen LogP contribution >= 0.6 is 0 Å². The molecule has 0 aliphatic rings. The molecule has 13 heavy (non-hydrogen) atoms. The molecular formula is C10H10N2O. The van der Waals surface area contributed by atoms with Gasteiger partial charge >= 0.3 is 0 Å². The molecule has 2 heterocycles. The van der Waals surface area contributed by atoms with Crippen molar-refractivity contribution >= 4 is 0 Å². The summed E-state index contributed by atoms with van der Waals surface area (Å²) in [6.07, 6.45) is 5.16. The predicted molar refractivity (Wildman–Crippen MR) is 49.8 cm³/mol. The Kier molecular flexibility index (Phi) is 2.10. The molecule has 3 nitrogen and oxygen atoms in total. The molecule has 2 rings (SSSR count). The van der Waals surface area contributed by atoms with Gasteiger partial charge in [0, 0.05) is 24.5 Å². The first-order valence-electron chi connectivity index (χ1n) is 4.08. The van der Waals surface area contributed by atoms with E-state index in [0.29, 0.717) is 6.54 Å². The van der Waals surface area contributed by atoms with Gasteiger partial charge in [0.25, 0.3) is 0 Å². The predicted octanol–water partition coefficient (Wildman–Crippen LogP) is 1.80. The van der Waals surface area contributed by atoms with Gasteiger partial charge in [-0.3, -0.25) is 4.98 Å². The summed E-state index contributed by atoms with van der Waals surface area (Å²) in [4.78, 5) is 4.07. The number of pyridine rings is 1. The van der Waals surface area contributed by atoms with Gasteiger partial charge in [-0.15, -0.1) is 0 Å². The summed E-state index contributed by atoms with van der Waals surface area (Å²) in [5.41, 5.74) is 7.48. The average molecular weight is 174 g/mol. The number of hydrogen-bond donors (Lipinski definition) is 1. The third-order valence-corrected chi connectivity index (χ3v) is 1.84. The molecule has 0 saturated heterocycles. The molecule has 0 spiro atoms. The molecule has 0 aromatic carbocycles. The van der Waals surface area contributed by atoms with E-state index in [1.165, 1.54) is 0 Å². The SMILES string of the molecule is NCc1cncc(-c2ccco2)c1. The van der Waals surface area contributed by atoms with Gasteiger partial charge in [0.05, 0.1) is 6.26 Å². The molecule has 0 unspecified atom stereocenters. The molecule has 0 amide bonds. The van der Waals surface area contributed by atoms with Crippen molar-refractivity contribution in [3.05, 3.63) is 42.4 Å². The average Bonchev–Trinajstić information content (AvgIpc) is 2.71. The van der Waals surface area contributed by atoms with E-state index in [1.807, 2.05) is 18.2 Å². The van der Waals surface area contributed by atoms with Crippen molar-refractivity contribution in [1.82, 2.24) is 4.98 Å².